The molecule has 0 spiro atoms. The van der Waals surface area contributed by atoms with E-state index < -0.39 is 0 Å². The Hall–Kier alpha value is -3.18. The van der Waals surface area contributed by atoms with Crippen LogP contribution in [0.4, 0.5) is 5.69 Å². The zero-order valence-corrected chi connectivity index (χ0v) is 20.3. The third-order valence-corrected chi connectivity index (χ3v) is 6.73. The second kappa shape index (κ2) is 9.22. The van der Waals surface area contributed by atoms with Crippen LogP contribution in [0.1, 0.15) is 35.3 Å². The van der Waals surface area contributed by atoms with E-state index in [1.807, 2.05) is 65.6 Å². The molecule has 176 valence electrons. The number of carbonyl (C=O) groups excluding carboxylic acids is 1. The number of carbonyl (C=O) groups is 1. The number of fused-ring (bicyclic) bond motifs is 1. The molecule has 0 radical (unpaired) electrons. The van der Waals surface area contributed by atoms with Gasteiger partial charge in [-0.05, 0) is 49.7 Å². The fourth-order valence-corrected chi connectivity index (χ4v) is 4.90. The molecule has 34 heavy (non-hydrogen) atoms. The van der Waals surface area contributed by atoms with Crippen LogP contribution < -0.4 is 14.4 Å². The Bertz CT molecular complexity index is 1180. The van der Waals surface area contributed by atoms with Gasteiger partial charge in [-0.25, -0.2) is 0 Å². The van der Waals surface area contributed by atoms with Gasteiger partial charge in [-0.3, -0.25) is 4.79 Å². The number of benzene rings is 3. The number of ether oxygens (including phenoxy) is 2. The Labute approximate surface area is 205 Å². The molecule has 0 N–H and O–H groups in total. The molecule has 3 aromatic carbocycles. The first-order chi connectivity index (χ1) is 16.4. The SMILES string of the molecule is CC1(C)Cc2cccc(OCc3ccc(C(=O)N4CCN(c5ccccc5Cl)CC4)cc3)c2O1. The summed E-state index contributed by atoms with van der Waals surface area (Å²) in [5.41, 5.74) is 3.70. The molecule has 0 unspecified atom stereocenters. The highest BCUT2D eigenvalue weighted by Gasteiger charge is 2.32. The first-order valence-corrected chi connectivity index (χ1v) is 12.1. The van der Waals surface area contributed by atoms with Gasteiger partial charge in [-0.2, -0.15) is 0 Å². The van der Waals surface area contributed by atoms with Gasteiger partial charge in [-0.1, -0.05) is 48.0 Å². The van der Waals surface area contributed by atoms with Crippen molar-refractivity contribution in [3.05, 3.63) is 88.4 Å². The number of anilines is 1. The van der Waals surface area contributed by atoms with E-state index in [0.717, 1.165) is 47.3 Å². The standard InChI is InChI=1S/C28H29ClN2O3/c1-28(2)18-22-6-5-9-25(26(22)34-28)33-19-20-10-12-21(13-11-20)27(32)31-16-14-30(15-17-31)24-8-4-3-7-23(24)29/h3-13H,14-19H2,1-2H3. The summed E-state index contributed by atoms with van der Waals surface area (Å²) in [6, 6.07) is 21.6. The van der Waals surface area contributed by atoms with E-state index in [1.54, 1.807) is 0 Å². The van der Waals surface area contributed by atoms with Crippen molar-refractivity contribution in [2.75, 3.05) is 31.1 Å². The lowest BCUT2D eigenvalue weighted by atomic mass is 10.0. The molecule has 2 aliphatic heterocycles. The lowest BCUT2D eigenvalue weighted by molar-refractivity contribution is 0.0746. The maximum Gasteiger partial charge on any atom is 0.253 e. The number of halogens is 1. The first kappa shape index (κ1) is 22.6. The van der Waals surface area contributed by atoms with Crippen molar-refractivity contribution in [3.8, 4) is 11.5 Å². The van der Waals surface area contributed by atoms with Gasteiger partial charge < -0.3 is 19.3 Å². The van der Waals surface area contributed by atoms with Crippen LogP contribution in [0.5, 0.6) is 11.5 Å². The largest absolute Gasteiger partial charge is 0.485 e. The number of hydrogen-bond acceptors (Lipinski definition) is 4. The number of nitrogens with zero attached hydrogens (tertiary/aromatic N) is 2. The predicted molar refractivity (Wildman–Crippen MR) is 135 cm³/mol. The van der Waals surface area contributed by atoms with Crippen LogP contribution in [0.25, 0.3) is 0 Å². The van der Waals surface area contributed by atoms with Crippen molar-refractivity contribution in [2.45, 2.75) is 32.5 Å². The van der Waals surface area contributed by atoms with Crippen molar-refractivity contribution in [1.82, 2.24) is 4.90 Å². The smallest absolute Gasteiger partial charge is 0.253 e. The number of amides is 1. The van der Waals surface area contributed by atoms with Gasteiger partial charge in [0.05, 0.1) is 10.7 Å². The Morgan fingerprint density at radius 3 is 2.44 bits per heavy atom. The third kappa shape index (κ3) is 4.71. The summed E-state index contributed by atoms with van der Waals surface area (Å²) in [6.45, 7) is 7.47. The Kier molecular flexibility index (Phi) is 6.13. The van der Waals surface area contributed by atoms with Gasteiger partial charge in [0.1, 0.15) is 12.2 Å². The minimum absolute atomic E-state index is 0.0581. The summed E-state index contributed by atoms with van der Waals surface area (Å²) in [5.74, 6) is 1.66. The summed E-state index contributed by atoms with van der Waals surface area (Å²) in [5, 5.41) is 0.746. The molecule has 1 saturated heterocycles. The second-order valence-corrected chi connectivity index (χ2v) is 9.91. The first-order valence-electron chi connectivity index (χ1n) is 11.7. The number of rotatable bonds is 5. The quantitative estimate of drug-likeness (QED) is 0.481. The fraction of sp³-hybridized carbons (Fsp3) is 0.321. The van der Waals surface area contributed by atoms with Gasteiger partial charge in [-0.15, -0.1) is 0 Å². The van der Waals surface area contributed by atoms with E-state index in [0.29, 0.717) is 25.3 Å². The number of hydrogen-bond donors (Lipinski definition) is 0. The third-order valence-electron chi connectivity index (χ3n) is 6.41. The van der Waals surface area contributed by atoms with Crippen LogP contribution in [-0.2, 0) is 13.0 Å². The van der Waals surface area contributed by atoms with E-state index in [2.05, 4.69) is 24.8 Å². The minimum Gasteiger partial charge on any atom is -0.485 e. The molecule has 1 amide bonds. The number of para-hydroxylation sites is 2. The molecule has 5 rings (SSSR count). The highest BCUT2D eigenvalue weighted by atomic mass is 35.5. The van der Waals surface area contributed by atoms with E-state index in [4.69, 9.17) is 21.1 Å². The molecule has 0 atom stereocenters. The van der Waals surface area contributed by atoms with Crippen molar-refractivity contribution < 1.29 is 14.3 Å². The topological polar surface area (TPSA) is 42.0 Å². The van der Waals surface area contributed by atoms with Crippen LogP contribution in [0.2, 0.25) is 5.02 Å². The summed E-state index contributed by atoms with van der Waals surface area (Å²) in [7, 11) is 0. The second-order valence-electron chi connectivity index (χ2n) is 9.50. The molecule has 2 aliphatic rings. The molecule has 0 bridgehead atoms. The van der Waals surface area contributed by atoms with Crippen LogP contribution in [0.3, 0.4) is 0 Å². The maximum absolute atomic E-state index is 13.0. The van der Waals surface area contributed by atoms with Crippen LogP contribution >= 0.6 is 11.6 Å². The Morgan fingerprint density at radius 2 is 1.71 bits per heavy atom. The molecular formula is C28H29ClN2O3. The van der Waals surface area contributed by atoms with Crippen molar-refractivity contribution in [1.29, 1.82) is 0 Å². The summed E-state index contributed by atoms with van der Waals surface area (Å²) >= 11 is 6.33. The summed E-state index contributed by atoms with van der Waals surface area (Å²) in [6.07, 6.45) is 0.878. The van der Waals surface area contributed by atoms with Crippen LogP contribution in [0.15, 0.2) is 66.7 Å². The van der Waals surface area contributed by atoms with E-state index >= 15 is 0 Å². The van der Waals surface area contributed by atoms with Gasteiger partial charge in [0.15, 0.2) is 11.5 Å². The van der Waals surface area contributed by atoms with Crippen molar-refractivity contribution >= 4 is 23.2 Å². The highest BCUT2D eigenvalue weighted by Crippen LogP contribution is 2.42. The normalized spacial score (nSPS) is 16.7. The number of piperazine rings is 1. The van der Waals surface area contributed by atoms with E-state index in [1.165, 1.54) is 5.56 Å². The lowest BCUT2D eigenvalue weighted by Gasteiger charge is -2.36. The van der Waals surface area contributed by atoms with Gasteiger partial charge >= 0.3 is 0 Å². The van der Waals surface area contributed by atoms with E-state index in [9.17, 15) is 4.79 Å². The van der Waals surface area contributed by atoms with Gasteiger partial charge in [0, 0.05) is 43.7 Å². The van der Waals surface area contributed by atoms with E-state index in [-0.39, 0.29) is 11.5 Å². The molecule has 0 saturated carbocycles. The van der Waals surface area contributed by atoms with Crippen molar-refractivity contribution in [2.24, 2.45) is 0 Å². The molecule has 5 nitrogen and oxygen atoms in total. The zero-order chi connectivity index (χ0) is 23.7. The Balaban J connectivity index is 1.17. The van der Waals surface area contributed by atoms with Gasteiger partial charge in [0.2, 0.25) is 0 Å². The average molecular weight is 477 g/mol. The van der Waals surface area contributed by atoms with Crippen LogP contribution in [0, 0.1) is 0 Å². The predicted octanol–water partition coefficient (Wildman–Crippen LogP) is 5.59. The molecule has 0 aliphatic carbocycles. The highest BCUT2D eigenvalue weighted by molar-refractivity contribution is 6.33. The van der Waals surface area contributed by atoms with Crippen LogP contribution in [-0.4, -0.2) is 42.6 Å². The Morgan fingerprint density at radius 1 is 0.971 bits per heavy atom. The average Bonchev–Trinajstić information content (AvgIpc) is 3.17. The molecule has 6 heteroatoms. The molecule has 3 aromatic rings. The fourth-order valence-electron chi connectivity index (χ4n) is 4.65. The monoisotopic (exact) mass is 476 g/mol. The summed E-state index contributed by atoms with van der Waals surface area (Å²) < 4.78 is 12.2. The maximum atomic E-state index is 13.0. The molecule has 2 heterocycles. The zero-order valence-electron chi connectivity index (χ0n) is 19.6. The van der Waals surface area contributed by atoms with Gasteiger partial charge in [0.25, 0.3) is 5.91 Å². The molecule has 0 aromatic heterocycles. The molecule has 1 fully saturated rings. The lowest BCUT2D eigenvalue weighted by Crippen LogP contribution is -2.48. The summed E-state index contributed by atoms with van der Waals surface area (Å²) in [4.78, 5) is 17.2. The van der Waals surface area contributed by atoms with Crippen molar-refractivity contribution in [3.63, 3.8) is 0 Å². The minimum atomic E-state index is -0.206. The molecular weight excluding hydrogens is 448 g/mol.